The van der Waals surface area contributed by atoms with Gasteiger partial charge in [-0.1, -0.05) is 61.0 Å². The van der Waals surface area contributed by atoms with Crippen molar-refractivity contribution in [1.82, 2.24) is 5.32 Å². The molecule has 2 amide bonds. The van der Waals surface area contributed by atoms with Gasteiger partial charge in [-0.15, -0.1) is 0 Å². The molecule has 210 valence electrons. The third-order valence-corrected chi connectivity index (χ3v) is 9.40. The number of sulfonamides is 1. The summed E-state index contributed by atoms with van der Waals surface area (Å²) in [7, 11) is -4.47. The van der Waals surface area contributed by atoms with Crippen LogP contribution in [-0.4, -0.2) is 32.3 Å². The molecule has 1 fully saturated rings. The number of carbonyl (C=O) groups excluding carboxylic acids is 2. The van der Waals surface area contributed by atoms with Crippen molar-refractivity contribution >= 4 is 56.4 Å². The van der Waals surface area contributed by atoms with Gasteiger partial charge in [0, 0.05) is 16.1 Å². The molecule has 8 nitrogen and oxygen atoms in total. The van der Waals surface area contributed by atoms with E-state index in [-0.39, 0.29) is 39.7 Å². The van der Waals surface area contributed by atoms with Crippen molar-refractivity contribution in [2.45, 2.75) is 61.9 Å². The quantitative estimate of drug-likeness (QED) is 0.299. The maximum absolute atomic E-state index is 14.4. The van der Waals surface area contributed by atoms with Crippen LogP contribution in [0.4, 0.5) is 11.4 Å². The van der Waals surface area contributed by atoms with Gasteiger partial charge in [-0.05, 0) is 67.4 Å². The van der Waals surface area contributed by atoms with Crippen LogP contribution in [0.2, 0.25) is 10.0 Å². The third kappa shape index (κ3) is 6.22. The van der Waals surface area contributed by atoms with E-state index in [2.05, 4.69) is 10.6 Å². The number of para-hydroxylation sites is 2. The predicted octanol–water partition coefficient (Wildman–Crippen LogP) is 6.53. The van der Waals surface area contributed by atoms with E-state index in [0.717, 1.165) is 42.8 Å². The number of carbonyl (C=O) groups is 2. The van der Waals surface area contributed by atoms with Crippen molar-refractivity contribution in [2.75, 3.05) is 9.62 Å². The fraction of sp³-hybridized carbons (Fsp3) is 0.310. The molecule has 40 heavy (non-hydrogen) atoms. The molecule has 5 rings (SSSR count). The van der Waals surface area contributed by atoms with Crippen molar-refractivity contribution in [2.24, 2.45) is 0 Å². The second-order valence-electron chi connectivity index (χ2n) is 9.93. The molecule has 1 heterocycles. The summed E-state index contributed by atoms with van der Waals surface area (Å²) in [5.41, 5.74) is 0.561. The van der Waals surface area contributed by atoms with Crippen LogP contribution < -0.4 is 19.7 Å². The summed E-state index contributed by atoms with van der Waals surface area (Å²) >= 11 is 12.2. The molecule has 1 atom stereocenters. The lowest BCUT2D eigenvalue weighted by Gasteiger charge is -2.37. The number of amides is 2. The summed E-state index contributed by atoms with van der Waals surface area (Å²) in [5, 5.41) is 6.45. The Morgan fingerprint density at radius 1 is 0.950 bits per heavy atom. The molecule has 0 saturated heterocycles. The van der Waals surface area contributed by atoms with Crippen molar-refractivity contribution in [3.05, 3.63) is 76.8 Å². The Morgan fingerprint density at radius 2 is 1.62 bits per heavy atom. The maximum atomic E-state index is 14.4. The minimum atomic E-state index is -4.47. The van der Waals surface area contributed by atoms with E-state index in [0.29, 0.717) is 16.5 Å². The normalized spacial score (nSPS) is 17.9. The number of nitrogens with zero attached hydrogens (tertiary/aromatic N) is 1. The molecular formula is C29H29Cl2N3O5S. The molecule has 0 radical (unpaired) electrons. The van der Waals surface area contributed by atoms with Crippen LogP contribution in [-0.2, 0) is 19.6 Å². The molecule has 0 spiro atoms. The van der Waals surface area contributed by atoms with Crippen LogP contribution in [0.3, 0.4) is 0 Å². The van der Waals surface area contributed by atoms with Gasteiger partial charge >= 0.3 is 0 Å². The minimum Gasteiger partial charge on any atom is -0.456 e. The number of hydrogen-bond donors (Lipinski definition) is 2. The summed E-state index contributed by atoms with van der Waals surface area (Å²) in [6.45, 7) is 0. The van der Waals surface area contributed by atoms with Crippen molar-refractivity contribution in [1.29, 1.82) is 0 Å². The lowest BCUT2D eigenvalue weighted by atomic mass is 10.1. The number of halogens is 2. The van der Waals surface area contributed by atoms with Gasteiger partial charge in [-0.3, -0.25) is 13.9 Å². The minimum absolute atomic E-state index is 0.00584. The van der Waals surface area contributed by atoms with Gasteiger partial charge in [-0.25, -0.2) is 8.42 Å². The summed E-state index contributed by atoms with van der Waals surface area (Å²) in [5.74, 6) is -0.605. The number of fused-ring (bicyclic) bond motifs is 1. The molecule has 2 N–H and O–H groups in total. The number of anilines is 2. The summed E-state index contributed by atoms with van der Waals surface area (Å²) < 4.78 is 35.7. The smallest absolute Gasteiger partial charge is 0.268 e. The zero-order chi connectivity index (χ0) is 28.3. The number of nitrogens with one attached hydrogen (secondary N) is 2. The predicted molar refractivity (Wildman–Crippen MR) is 156 cm³/mol. The molecule has 2 aliphatic rings. The summed E-state index contributed by atoms with van der Waals surface area (Å²) in [6.07, 6.45) is 5.68. The average Bonchev–Trinajstić information content (AvgIpc) is 3.19. The van der Waals surface area contributed by atoms with Crippen molar-refractivity contribution in [3.8, 4) is 11.5 Å². The molecule has 11 heteroatoms. The molecular weight excluding hydrogens is 573 g/mol. The standard InChI is InChI=1S/C29H29Cl2N3O5S/c30-19-11-14-22(15-12-19)39-26-16-13-20(31)17-27(26)40(37,38)34-24-10-6-5-9-23(24)33-29(36)25(34)18-28(35)32-21-7-3-1-2-4-8-21/h5-6,9-17,21,25H,1-4,7-8,18H2,(H,32,35)(H,33,36). The van der Waals surface area contributed by atoms with E-state index in [4.69, 9.17) is 27.9 Å². The second-order valence-corrected chi connectivity index (χ2v) is 12.6. The molecule has 1 unspecified atom stereocenters. The summed E-state index contributed by atoms with van der Waals surface area (Å²) in [6, 6.07) is 15.9. The highest BCUT2D eigenvalue weighted by molar-refractivity contribution is 7.93. The first kappa shape index (κ1) is 28.3. The van der Waals surface area contributed by atoms with Crippen LogP contribution in [0.15, 0.2) is 71.6 Å². The SMILES string of the molecule is O=C(CC1C(=O)Nc2ccccc2N1S(=O)(=O)c1cc(Cl)ccc1Oc1ccc(Cl)cc1)NC1CCCCCC1. The van der Waals surface area contributed by atoms with E-state index in [1.54, 1.807) is 48.5 Å². The largest absolute Gasteiger partial charge is 0.456 e. The molecule has 1 aliphatic carbocycles. The van der Waals surface area contributed by atoms with Crippen molar-refractivity contribution < 1.29 is 22.7 Å². The number of rotatable bonds is 7. The zero-order valence-corrected chi connectivity index (χ0v) is 23.9. The highest BCUT2D eigenvalue weighted by Gasteiger charge is 2.43. The number of benzene rings is 3. The molecule has 3 aromatic rings. The van der Waals surface area contributed by atoms with Gasteiger partial charge < -0.3 is 15.4 Å². The first-order valence-electron chi connectivity index (χ1n) is 13.2. The Kier molecular flexibility index (Phi) is 8.54. The van der Waals surface area contributed by atoms with Gasteiger partial charge in [0.2, 0.25) is 11.8 Å². The van der Waals surface area contributed by atoms with E-state index in [1.165, 1.54) is 18.2 Å². The fourth-order valence-electron chi connectivity index (χ4n) is 5.12. The Morgan fingerprint density at radius 3 is 2.35 bits per heavy atom. The monoisotopic (exact) mass is 601 g/mol. The molecule has 0 aromatic heterocycles. The van der Waals surface area contributed by atoms with E-state index in [1.807, 2.05) is 0 Å². The molecule has 3 aromatic carbocycles. The van der Waals surface area contributed by atoms with Crippen LogP contribution in [0.25, 0.3) is 0 Å². The lowest BCUT2D eigenvalue weighted by Crippen LogP contribution is -2.53. The first-order valence-corrected chi connectivity index (χ1v) is 15.4. The van der Waals surface area contributed by atoms with Crippen LogP contribution in [0, 0.1) is 0 Å². The first-order chi connectivity index (χ1) is 19.2. The van der Waals surface area contributed by atoms with Gasteiger partial charge in [0.25, 0.3) is 10.0 Å². The van der Waals surface area contributed by atoms with Crippen LogP contribution in [0.1, 0.15) is 44.9 Å². The Bertz CT molecular complexity index is 1510. The fourth-order valence-corrected chi connectivity index (χ4v) is 7.26. The summed E-state index contributed by atoms with van der Waals surface area (Å²) in [4.78, 5) is 26.3. The average molecular weight is 603 g/mol. The van der Waals surface area contributed by atoms with Crippen molar-refractivity contribution in [3.63, 3.8) is 0 Å². The maximum Gasteiger partial charge on any atom is 0.268 e. The zero-order valence-electron chi connectivity index (χ0n) is 21.6. The Labute approximate surface area is 243 Å². The van der Waals surface area contributed by atoms with Gasteiger partial charge in [0.15, 0.2) is 0 Å². The van der Waals surface area contributed by atoms with Gasteiger partial charge in [-0.2, -0.15) is 0 Å². The third-order valence-electron chi connectivity index (χ3n) is 7.07. The van der Waals surface area contributed by atoms with E-state index < -0.39 is 22.0 Å². The van der Waals surface area contributed by atoms with Gasteiger partial charge in [0.1, 0.15) is 22.4 Å². The highest BCUT2D eigenvalue weighted by atomic mass is 35.5. The Balaban J connectivity index is 1.52. The molecule has 1 aliphatic heterocycles. The molecule has 0 bridgehead atoms. The number of hydrogen-bond acceptors (Lipinski definition) is 5. The van der Waals surface area contributed by atoms with Crippen LogP contribution in [0.5, 0.6) is 11.5 Å². The topological polar surface area (TPSA) is 105 Å². The highest BCUT2D eigenvalue weighted by Crippen LogP contribution is 2.41. The van der Waals surface area contributed by atoms with E-state index >= 15 is 0 Å². The van der Waals surface area contributed by atoms with Gasteiger partial charge in [0.05, 0.1) is 17.8 Å². The number of ether oxygens (including phenoxy) is 1. The van der Waals surface area contributed by atoms with E-state index in [9.17, 15) is 18.0 Å². The second kappa shape index (κ2) is 12.1. The Hall–Kier alpha value is -3.27. The molecule has 1 saturated carbocycles. The van der Waals surface area contributed by atoms with Crippen LogP contribution >= 0.6 is 23.2 Å². The lowest BCUT2D eigenvalue weighted by molar-refractivity contribution is -0.125.